The first-order valence-electron chi connectivity index (χ1n) is 18.3. The second kappa shape index (κ2) is 16.0. The summed E-state index contributed by atoms with van der Waals surface area (Å²) in [5.74, 6) is -1.99. The van der Waals surface area contributed by atoms with Gasteiger partial charge < -0.3 is 30.1 Å². The van der Waals surface area contributed by atoms with Gasteiger partial charge in [-0.1, -0.05) is 81.5 Å². The number of benzene rings is 2. The summed E-state index contributed by atoms with van der Waals surface area (Å²) in [7, 11) is 0. The molecule has 1 saturated heterocycles. The monoisotopic (exact) mass is 696 g/mol. The van der Waals surface area contributed by atoms with Gasteiger partial charge in [0, 0.05) is 29.4 Å². The molecule has 3 amide bonds. The Hall–Kier alpha value is -4.93. The van der Waals surface area contributed by atoms with Gasteiger partial charge in [-0.3, -0.25) is 9.59 Å². The van der Waals surface area contributed by atoms with E-state index in [1.54, 1.807) is 0 Å². The first kappa shape index (κ1) is 35.9. The Morgan fingerprint density at radius 1 is 1.10 bits per heavy atom. The summed E-state index contributed by atoms with van der Waals surface area (Å²) in [5.41, 5.74) is 2.12. The lowest BCUT2D eigenvalue weighted by atomic mass is 10.0. The number of aryl methyl sites for hydroxylation is 1. The van der Waals surface area contributed by atoms with Gasteiger partial charge in [0.2, 0.25) is 11.8 Å². The Labute approximate surface area is 298 Å². The number of carbonyl (C=O) groups is 4. The number of fused-ring (bicyclic) bond motifs is 3. The number of hydrogen-bond acceptors (Lipinski definition) is 7. The van der Waals surface area contributed by atoms with E-state index < -0.39 is 53.5 Å². The van der Waals surface area contributed by atoms with Crippen LogP contribution in [0.4, 0.5) is 4.79 Å². The van der Waals surface area contributed by atoms with E-state index >= 15 is 0 Å². The third kappa shape index (κ3) is 8.18. The molecule has 1 aromatic heterocycles. The van der Waals surface area contributed by atoms with Crippen LogP contribution in [-0.2, 0) is 25.5 Å². The number of aromatic nitrogens is 1. The first-order chi connectivity index (χ1) is 24.7. The third-order valence-corrected chi connectivity index (χ3v) is 10.4. The molecule has 5 atom stereocenters. The fourth-order valence-electron chi connectivity index (χ4n) is 7.30. The molecule has 11 heteroatoms. The molecule has 270 valence electrons. The van der Waals surface area contributed by atoms with E-state index in [0.29, 0.717) is 18.6 Å². The fraction of sp³-hybridized carbons (Fsp3) is 0.475. The van der Waals surface area contributed by atoms with Crippen molar-refractivity contribution in [2.45, 2.75) is 101 Å². The number of nitrogens with one attached hydrogen (secondary N) is 2. The number of hydrogen-bond donors (Lipinski definition) is 3. The molecule has 0 spiro atoms. The van der Waals surface area contributed by atoms with E-state index in [9.17, 15) is 24.3 Å². The average molecular weight is 697 g/mol. The van der Waals surface area contributed by atoms with Crippen LogP contribution in [0, 0.1) is 5.92 Å². The number of ether oxygens (including phenoxy) is 2. The Bertz CT molecular complexity index is 1760. The number of carboxylic acid groups (broad SMARTS) is 1. The van der Waals surface area contributed by atoms with Crippen molar-refractivity contribution < 1.29 is 33.8 Å². The third-order valence-electron chi connectivity index (χ3n) is 10.4. The molecule has 1 aliphatic carbocycles. The highest BCUT2D eigenvalue weighted by Gasteiger charge is 2.61. The Morgan fingerprint density at radius 3 is 2.63 bits per heavy atom. The van der Waals surface area contributed by atoms with E-state index in [-0.39, 0.29) is 26.0 Å². The van der Waals surface area contributed by atoms with Crippen molar-refractivity contribution in [2.75, 3.05) is 13.2 Å². The van der Waals surface area contributed by atoms with Crippen LogP contribution in [0.3, 0.4) is 0 Å². The van der Waals surface area contributed by atoms with Gasteiger partial charge in [0.25, 0.3) is 0 Å². The predicted molar refractivity (Wildman–Crippen MR) is 193 cm³/mol. The van der Waals surface area contributed by atoms with E-state index in [1.165, 1.54) is 11.0 Å². The zero-order chi connectivity index (χ0) is 36.0. The molecule has 0 radical (unpaired) electrons. The number of nitrogens with zero attached hydrogens (tertiary/aromatic N) is 2. The molecule has 3 aliphatic rings. The summed E-state index contributed by atoms with van der Waals surface area (Å²) >= 11 is 0. The van der Waals surface area contributed by atoms with Gasteiger partial charge >= 0.3 is 12.1 Å². The minimum absolute atomic E-state index is 0.0609. The average Bonchev–Trinajstić information content (AvgIpc) is 3.70. The Morgan fingerprint density at radius 2 is 1.88 bits per heavy atom. The summed E-state index contributed by atoms with van der Waals surface area (Å²) < 4.78 is 12.2. The first-order valence-corrected chi connectivity index (χ1v) is 18.3. The summed E-state index contributed by atoms with van der Waals surface area (Å²) in [6, 6.07) is 16.0. The number of pyridine rings is 1. The number of amides is 3. The highest BCUT2D eigenvalue weighted by atomic mass is 16.5. The second-order valence-corrected chi connectivity index (χ2v) is 14.0. The molecular weight excluding hydrogens is 648 g/mol. The van der Waals surface area contributed by atoms with Gasteiger partial charge in [-0.05, 0) is 49.8 Å². The highest BCUT2D eigenvalue weighted by Crippen LogP contribution is 2.45. The largest absolute Gasteiger partial charge is 0.488 e. The fourth-order valence-corrected chi connectivity index (χ4v) is 7.30. The van der Waals surface area contributed by atoms with Crippen LogP contribution in [0.2, 0.25) is 0 Å². The van der Waals surface area contributed by atoms with Crippen molar-refractivity contribution in [3.63, 3.8) is 0 Å². The SMILES string of the molecule is C=C[C@H]1C[C@]1(NC(=O)[C@@H]1C[C@@H]2CN1C(=O)[C@H](CCCC)NC(=O)OCCCCCCCc1ccc3nc(-c4ccccc4)cc(c3c1)O2)C(=O)O. The molecule has 6 rings (SSSR count). The number of carboxylic acids is 1. The molecule has 11 nitrogen and oxygen atoms in total. The predicted octanol–water partition coefficient (Wildman–Crippen LogP) is 6.19. The molecule has 3 aromatic rings. The van der Waals surface area contributed by atoms with Crippen LogP contribution in [0.25, 0.3) is 22.2 Å². The summed E-state index contributed by atoms with van der Waals surface area (Å²) in [6.07, 6.45) is 8.02. The van der Waals surface area contributed by atoms with E-state index in [2.05, 4.69) is 29.3 Å². The maximum absolute atomic E-state index is 14.3. The Balaban J connectivity index is 1.37. The zero-order valence-corrected chi connectivity index (χ0v) is 29.3. The summed E-state index contributed by atoms with van der Waals surface area (Å²) in [5, 5.41) is 16.4. The van der Waals surface area contributed by atoms with Gasteiger partial charge in [-0.25, -0.2) is 14.6 Å². The quantitative estimate of drug-likeness (QED) is 0.237. The second-order valence-electron chi connectivity index (χ2n) is 14.0. The molecule has 3 N–H and O–H groups in total. The van der Waals surface area contributed by atoms with Gasteiger partial charge in [-0.15, -0.1) is 6.58 Å². The molecule has 3 heterocycles. The van der Waals surface area contributed by atoms with Crippen molar-refractivity contribution in [3.05, 3.63) is 72.8 Å². The van der Waals surface area contributed by atoms with Crippen molar-refractivity contribution in [1.82, 2.24) is 20.5 Å². The topological polar surface area (TPSA) is 147 Å². The maximum Gasteiger partial charge on any atom is 0.407 e. The summed E-state index contributed by atoms with van der Waals surface area (Å²) in [6.45, 7) is 6.04. The number of cyclic esters (lactones) is 1. The minimum atomic E-state index is -1.47. The Kier molecular flexibility index (Phi) is 11.2. The van der Waals surface area contributed by atoms with Crippen LogP contribution in [0.1, 0.15) is 76.7 Å². The number of rotatable bonds is 8. The number of alkyl carbamates (subject to hydrolysis) is 1. The van der Waals surface area contributed by atoms with Gasteiger partial charge in [0.15, 0.2) is 0 Å². The number of unbranched alkanes of at least 4 members (excludes halogenated alkanes) is 1. The van der Waals surface area contributed by atoms with Crippen LogP contribution in [0.15, 0.2) is 67.3 Å². The molecule has 1 saturated carbocycles. The molecule has 2 aliphatic heterocycles. The zero-order valence-electron chi connectivity index (χ0n) is 29.3. The maximum atomic E-state index is 14.3. The minimum Gasteiger partial charge on any atom is -0.488 e. The van der Waals surface area contributed by atoms with Gasteiger partial charge in [-0.2, -0.15) is 0 Å². The molecule has 2 fully saturated rings. The normalized spacial score (nSPS) is 25.7. The van der Waals surface area contributed by atoms with Gasteiger partial charge in [0.1, 0.15) is 29.5 Å². The highest BCUT2D eigenvalue weighted by molar-refractivity contribution is 5.96. The smallest absolute Gasteiger partial charge is 0.407 e. The van der Waals surface area contributed by atoms with Gasteiger partial charge in [0.05, 0.1) is 24.4 Å². The molecule has 0 unspecified atom stereocenters. The number of aliphatic carboxylic acids is 1. The molecule has 4 bridgehead atoms. The summed E-state index contributed by atoms with van der Waals surface area (Å²) in [4.78, 5) is 59.9. The van der Waals surface area contributed by atoms with E-state index in [1.807, 2.05) is 49.4 Å². The lowest BCUT2D eigenvalue weighted by Gasteiger charge is -2.29. The van der Waals surface area contributed by atoms with Crippen molar-refractivity contribution >= 4 is 34.8 Å². The van der Waals surface area contributed by atoms with E-state index in [4.69, 9.17) is 14.5 Å². The van der Waals surface area contributed by atoms with Crippen LogP contribution in [0.5, 0.6) is 5.75 Å². The van der Waals surface area contributed by atoms with Crippen LogP contribution >= 0.6 is 0 Å². The standard InChI is InChI=1S/C40H48N4O7/c1-3-5-17-32-37(46)44-25-29(22-34(44)36(45)43-40(38(47)48)24-28(40)4-2)51-35-23-33(27-15-11-9-12-16-27)41-31-19-18-26(21-30(31)35)14-10-7-6-8-13-20-50-39(49)42-32/h4,9,11-12,15-16,18-19,21,23,28-29,32,34H,2-3,5-8,10,13-14,17,20,22,24-25H2,1H3,(H,42,49)(H,43,45)(H,47,48)/t28-,29+,32-,34-,40+/m0/s1. The molecule has 2 aromatic carbocycles. The molecule has 51 heavy (non-hydrogen) atoms. The molecular formula is C40H48N4O7. The lowest BCUT2D eigenvalue weighted by Crippen LogP contribution is -2.56. The van der Waals surface area contributed by atoms with Crippen molar-refractivity contribution in [3.8, 4) is 17.0 Å². The van der Waals surface area contributed by atoms with Crippen LogP contribution in [-0.4, -0.2) is 75.7 Å². The van der Waals surface area contributed by atoms with Crippen molar-refractivity contribution in [2.24, 2.45) is 5.92 Å². The van der Waals surface area contributed by atoms with Crippen LogP contribution < -0.4 is 15.4 Å². The van der Waals surface area contributed by atoms with Crippen molar-refractivity contribution in [1.29, 1.82) is 0 Å². The van der Waals surface area contributed by atoms with E-state index in [0.717, 1.165) is 72.7 Å². The number of carbonyl (C=O) groups excluding carboxylic acids is 3. The lowest BCUT2D eigenvalue weighted by molar-refractivity contribution is -0.145.